The Balaban J connectivity index is 2.01. The van der Waals surface area contributed by atoms with Gasteiger partial charge in [0.2, 0.25) is 0 Å². The normalized spacial score (nSPS) is 15.5. The number of nitrogens with one attached hydrogen (secondary N) is 1. The van der Waals surface area contributed by atoms with E-state index in [0.29, 0.717) is 11.7 Å². The van der Waals surface area contributed by atoms with Gasteiger partial charge in [-0.15, -0.1) is 0 Å². The number of hydrogen-bond acceptors (Lipinski definition) is 3. The van der Waals surface area contributed by atoms with Crippen molar-refractivity contribution in [1.82, 2.24) is 20.0 Å². The molecule has 1 aromatic carbocycles. The highest BCUT2D eigenvalue weighted by molar-refractivity contribution is 6.05. The maximum absolute atomic E-state index is 12.7. The molecule has 1 N–H and O–H groups in total. The molecule has 0 radical (unpaired) electrons. The lowest BCUT2D eigenvalue weighted by molar-refractivity contribution is 0.0625. The van der Waals surface area contributed by atoms with Crippen LogP contribution in [0.1, 0.15) is 17.4 Å². The van der Waals surface area contributed by atoms with E-state index in [1.807, 2.05) is 43.1 Å². The van der Waals surface area contributed by atoms with E-state index >= 15 is 0 Å². The topological polar surface area (TPSA) is 50.2 Å². The van der Waals surface area contributed by atoms with Crippen molar-refractivity contribution in [2.75, 3.05) is 19.6 Å². The minimum absolute atomic E-state index is 0.0331. The summed E-state index contributed by atoms with van der Waals surface area (Å²) < 4.78 is 1.77. The van der Waals surface area contributed by atoms with Crippen LogP contribution in [0.5, 0.6) is 0 Å². The van der Waals surface area contributed by atoms with Gasteiger partial charge in [-0.2, -0.15) is 5.10 Å². The first kappa shape index (κ1) is 12.2. The maximum atomic E-state index is 12.7. The minimum atomic E-state index is 0.0331. The molecule has 5 nitrogen and oxygen atoms in total. The van der Waals surface area contributed by atoms with Crippen LogP contribution in [0.2, 0.25) is 0 Å². The monoisotopic (exact) mass is 258 g/mol. The van der Waals surface area contributed by atoms with E-state index < -0.39 is 0 Å². The number of benzene rings is 1. The van der Waals surface area contributed by atoms with Crippen molar-refractivity contribution in [1.29, 1.82) is 0 Å². The smallest absolute Gasteiger partial charge is 0.275 e. The van der Waals surface area contributed by atoms with E-state index in [1.54, 1.807) is 4.68 Å². The van der Waals surface area contributed by atoms with Crippen molar-refractivity contribution < 1.29 is 4.79 Å². The lowest BCUT2D eigenvalue weighted by Gasteiger charge is -2.37. The predicted octanol–water partition coefficient (Wildman–Crippen LogP) is 1.01. The van der Waals surface area contributed by atoms with E-state index in [0.717, 1.165) is 30.5 Å². The molecule has 19 heavy (non-hydrogen) atoms. The number of rotatable bonds is 3. The summed E-state index contributed by atoms with van der Waals surface area (Å²) in [6.07, 6.45) is 0. The third-order valence-electron chi connectivity index (χ3n) is 3.76. The van der Waals surface area contributed by atoms with Crippen LogP contribution in [0, 0.1) is 0 Å². The first-order valence-corrected chi connectivity index (χ1v) is 6.65. The number of aryl methyl sites for hydroxylation is 1. The van der Waals surface area contributed by atoms with Gasteiger partial charge in [0.05, 0.1) is 11.6 Å². The predicted molar refractivity (Wildman–Crippen MR) is 74.1 cm³/mol. The van der Waals surface area contributed by atoms with Crippen molar-refractivity contribution >= 4 is 16.8 Å². The van der Waals surface area contributed by atoms with Crippen molar-refractivity contribution in [3.63, 3.8) is 0 Å². The van der Waals surface area contributed by atoms with Gasteiger partial charge in [0.25, 0.3) is 5.91 Å². The van der Waals surface area contributed by atoms with Crippen LogP contribution in [0.25, 0.3) is 10.9 Å². The number of likely N-dealkylation sites (N-methyl/N-ethyl adjacent to an activating group) is 1. The molecule has 1 fully saturated rings. The average molecular weight is 258 g/mol. The van der Waals surface area contributed by atoms with E-state index in [9.17, 15) is 4.79 Å². The summed E-state index contributed by atoms with van der Waals surface area (Å²) in [5.74, 6) is 0.0331. The molecule has 0 unspecified atom stereocenters. The van der Waals surface area contributed by atoms with Crippen LogP contribution >= 0.6 is 0 Å². The Kier molecular flexibility index (Phi) is 2.98. The van der Waals surface area contributed by atoms with E-state index in [2.05, 4.69) is 10.4 Å². The van der Waals surface area contributed by atoms with Crippen LogP contribution in [0.3, 0.4) is 0 Å². The summed E-state index contributed by atoms with van der Waals surface area (Å²) in [7, 11) is 1.88. The van der Waals surface area contributed by atoms with Gasteiger partial charge in [-0.25, -0.2) is 0 Å². The minimum Gasteiger partial charge on any atom is -0.332 e. The summed E-state index contributed by atoms with van der Waals surface area (Å²) in [6.45, 7) is 4.49. The Morgan fingerprint density at radius 2 is 2.21 bits per heavy atom. The molecular weight excluding hydrogens is 240 g/mol. The molecule has 0 spiro atoms. The maximum Gasteiger partial charge on any atom is 0.275 e. The molecule has 0 aliphatic carbocycles. The van der Waals surface area contributed by atoms with Crippen LogP contribution < -0.4 is 5.32 Å². The number of nitrogens with zero attached hydrogens (tertiary/aromatic N) is 3. The van der Waals surface area contributed by atoms with E-state index in [4.69, 9.17) is 0 Å². The van der Waals surface area contributed by atoms with Crippen molar-refractivity contribution in [3.8, 4) is 0 Å². The number of fused-ring (bicyclic) bond motifs is 1. The lowest BCUT2D eigenvalue weighted by atomic mass is 10.1. The molecule has 1 saturated heterocycles. The molecule has 5 heteroatoms. The molecule has 0 bridgehead atoms. The fourth-order valence-corrected chi connectivity index (χ4v) is 2.57. The van der Waals surface area contributed by atoms with E-state index in [1.165, 1.54) is 0 Å². The molecule has 1 aliphatic heterocycles. The third-order valence-corrected chi connectivity index (χ3v) is 3.76. The Labute approximate surface area is 112 Å². The number of aromatic nitrogens is 2. The van der Waals surface area contributed by atoms with Gasteiger partial charge < -0.3 is 10.2 Å². The van der Waals surface area contributed by atoms with Crippen molar-refractivity contribution in [2.24, 2.45) is 7.05 Å². The second-order valence-electron chi connectivity index (χ2n) is 4.89. The molecule has 3 rings (SSSR count). The third kappa shape index (κ3) is 1.90. The molecule has 1 aromatic heterocycles. The summed E-state index contributed by atoms with van der Waals surface area (Å²) in [5.41, 5.74) is 1.56. The molecular formula is C14H18N4O. The van der Waals surface area contributed by atoms with E-state index in [-0.39, 0.29) is 5.91 Å². The van der Waals surface area contributed by atoms with Gasteiger partial charge in [0.15, 0.2) is 5.69 Å². The number of carbonyl (C=O) groups is 1. The fourth-order valence-electron chi connectivity index (χ4n) is 2.57. The van der Waals surface area contributed by atoms with Gasteiger partial charge in [0, 0.05) is 32.1 Å². The van der Waals surface area contributed by atoms with Gasteiger partial charge in [-0.05, 0) is 13.0 Å². The van der Waals surface area contributed by atoms with Gasteiger partial charge in [-0.1, -0.05) is 18.2 Å². The van der Waals surface area contributed by atoms with Crippen molar-refractivity contribution in [2.45, 2.75) is 13.0 Å². The SMILES string of the molecule is CCN(C(=O)c1nn(C)c2ccccc12)C1CNC1. The molecule has 2 aromatic rings. The average Bonchev–Trinajstić information content (AvgIpc) is 2.71. The molecule has 0 atom stereocenters. The van der Waals surface area contributed by atoms with Crippen LogP contribution in [-0.2, 0) is 7.05 Å². The largest absolute Gasteiger partial charge is 0.332 e. The highest BCUT2D eigenvalue weighted by Gasteiger charge is 2.30. The summed E-state index contributed by atoms with van der Waals surface area (Å²) in [5, 5.41) is 8.54. The van der Waals surface area contributed by atoms with Crippen LogP contribution in [0.15, 0.2) is 24.3 Å². The quantitative estimate of drug-likeness (QED) is 0.894. The molecule has 1 amide bonds. The fraction of sp³-hybridized carbons (Fsp3) is 0.429. The first-order valence-electron chi connectivity index (χ1n) is 6.65. The lowest BCUT2D eigenvalue weighted by Crippen LogP contribution is -2.58. The number of para-hydroxylation sites is 1. The number of hydrogen-bond donors (Lipinski definition) is 1. The van der Waals surface area contributed by atoms with Crippen molar-refractivity contribution in [3.05, 3.63) is 30.0 Å². The number of carbonyl (C=O) groups excluding carboxylic acids is 1. The second kappa shape index (κ2) is 4.66. The highest BCUT2D eigenvalue weighted by atomic mass is 16.2. The number of amides is 1. The van der Waals surface area contributed by atoms with Gasteiger partial charge >= 0.3 is 0 Å². The Hall–Kier alpha value is -1.88. The van der Waals surface area contributed by atoms with Gasteiger partial charge in [0.1, 0.15) is 0 Å². The summed E-state index contributed by atoms with van der Waals surface area (Å²) >= 11 is 0. The Bertz CT molecular complexity index is 615. The van der Waals surface area contributed by atoms with Crippen LogP contribution in [-0.4, -0.2) is 46.3 Å². The zero-order chi connectivity index (χ0) is 13.4. The molecule has 0 saturated carbocycles. The summed E-state index contributed by atoms with van der Waals surface area (Å²) in [4.78, 5) is 14.6. The van der Waals surface area contributed by atoms with Crippen LogP contribution in [0.4, 0.5) is 0 Å². The standard InChI is InChI=1S/C14H18N4O/c1-3-18(10-8-15-9-10)14(19)13-11-6-4-5-7-12(11)17(2)16-13/h4-7,10,15H,3,8-9H2,1-2H3. The molecule has 100 valence electrons. The van der Waals surface area contributed by atoms with Gasteiger partial charge in [-0.3, -0.25) is 9.48 Å². The zero-order valence-corrected chi connectivity index (χ0v) is 11.3. The highest BCUT2D eigenvalue weighted by Crippen LogP contribution is 2.20. The first-order chi connectivity index (χ1) is 9.22. The Morgan fingerprint density at radius 1 is 1.47 bits per heavy atom. The molecule has 1 aliphatic rings. The zero-order valence-electron chi connectivity index (χ0n) is 11.3. The molecule has 2 heterocycles. The Morgan fingerprint density at radius 3 is 2.84 bits per heavy atom. The second-order valence-corrected chi connectivity index (χ2v) is 4.89. The summed E-state index contributed by atoms with van der Waals surface area (Å²) in [6, 6.07) is 8.16.